The van der Waals surface area contributed by atoms with Gasteiger partial charge in [0.2, 0.25) is 10.0 Å². The van der Waals surface area contributed by atoms with Crippen LogP contribution in [0.1, 0.15) is 24.7 Å². The molecule has 4 aromatic rings. The number of pyridine rings is 1. The van der Waals surface area contributed by atoms with Crippen LogP contribution in [0.25, 0.3) is 21.9 Å². The molecule has 1 atom stereocenters. The zero-order valence-corrected chi connectivity index (χ0v) is 17.7. The lowest BCUT2D eigenvalue weighted by molar-refractivity contribution is 0.0534. The van der Waals surface area contributed by atoms with Gasteiger partial charge in [0.05, 0.1) is 28.6 Å². The summed E-state index contributed by atoms with van der Waals surface area (Å²) in [6.45, 7) is 1.31. The van der Waals surface area contributed by atoms with E-state index in [0.717, 1.165) is 28.7 Å². The summed E-state index contributed by atoms with van der Waals surface area (Å²) >= 11 is 0. The first-order valence-corrected chi connectivity index (χ1v) is 11.7. The zero-order valence-electron chi connectivity index (χ0n) is 16.9. The van der Waals surface area contributed by atoms with Crippen molar-refractivity contribution < 1.29 is 13.2 Å². The number of para-hydroxylation sites is 1. The van der Waals surface area contributed by atoms with Crippen LogP contribution in [0.15, 0.2) is 59.5 Å². The molecule has 0 spiro atoms. The maximum absolute atomic E-state index is 12.4. The van der Waals surface area contributed by atoms with E-state index in [9.17, 15) is 8.42 Å². The Morgan fingerprint density at radius 3 is 2.71 bits per heavy atom. The van der Waals surface area contributed by atoms with Crippen molar-refractivity contribution in [2.24, 2.45) is 0 Å². The first kappa shape index (κ1) is 19.9. The molecule has 31 heavy (non-hydrogen) atoms. The van der Waals surface area contributed by atoms with E-state index >= 15 is 0 Å². The number of aromatic nitrogens is 3. The number of hydrogen-bond donors (Lipinski definition) is 2. The third-order valence-electron chi connectivity index (χ3n) is 5.59. The van der Waals surface area contributed by atoms with E-state index in [2.05, 4.69) is 14.3 Å². The Balaban J connectivity index is 1.39. The minimum Gasteiger partial charge on any atom is -0.382 e. The quantitative estimate of drug-likeness (QED) is 0.449. The van der Waals surface area contributed by atoms with Gasteiger partial charge >= 0.3 is 0 Å². The first-order chi connectivity index (χ1) is 15.0. The van der Waals surface area contributed by atoms with E-state index in [1.807, 2.05) is 24.3 Å². The van der Waals surface area contributed by atoms with Gasteiger partial charge in [0.1, 0.15) is 17.9 Å². The fraction of sp³-hybridized carbons (Fsp3) is 0.273. The van der Waals surface area contributed by atoms with Crippen LogP contribution in [-0.2, 0) is 21.4 Å². The summed E-state index contributed by atoms with van der Waals surface area (Å²) in [4.78, 5) is 9.46. The number of ether oxygens (including phenoxy) is 1. The standard InChI is InChI=1S/C22H23N5O3S/c23-22-20-21(17-10-4-5-11-18(17)25-22)27-15(13-30-14-19(27)26-20)7-6-12-24-31(28,29)16-8-2-1-3-9-16/h1-5,8-11,15,24H,6-7,12-14H2,(H2,23,25)/t15-/m0/s1. The average Bonchev–Trinajstić information content (AvgIpc) is 3.19. The van der Waals surface area contributed by atoms with Crippen LogP contribution in [0, 0.1) is 0 Å². The molecule has 0 bridgehead atoms. The predicted molar refractivity (Wildman–Crippen MR) is 119 cm³/mol. The lowest BCUT2D eigenvalue weighted by Gasteiger charge is -2.26. The SMILES string of the molecule is Nc1nc2ccccc2c2c1nc1n2[C@@H](CCCNS(=O)(=O)c2ccccc2)COC1. The number of benzene rings is 2. The second-order valence-electron chi connectivity index (χ2n) is 7.63. The second kappa shape index (κ2) is 7.92. The Morgan fingerprint density at radius 2 is 1.87 bits per heavy atom. The van der Waals surface area contributed by atoms with Gasteiger partial charge in [0, 0.05) is 11.9 Å². The molecule has 9 heteroatoms. The normalized spacial score (nSPS) is 16.6. The third-order valence-corrected chi connectivity index (χ3v) is 7.07. The Morgan fingerprint density at radius 1 is 1.10 bits per heavy atom. The molecule has 0 saturated carbocycles. The van der Waals surface area contributed by atoms with Crippen molar-refractivity contribution >= 4 is 37.8 Å². The van der Waals surface area contributed by atoms with Crippen molar-refractivity contribution in [3.63, 3.8) is 0 Å². The summed E-state index contributed by atoms with van der Waals surface area (Å²) in [6.07, 6.45) is 1.41. The number of fused-ring (bicyclic) bond motifs is 5. The second-order valence-corrected chi connectivity index (χ2v) is 9.40. The van der Waals surface area contributed by atoms with E-state index in [1.165, 1.54) is 0 Å². The van der Waals surface area contributed by atoms with E-state index in [4.69, 9.17) is 15.5 Å². The number of sulfonamides is 1. The van der Waals surface area contributed by atoms with E-state index in [0.29, 0.717) is 37.5 Å². The summed E-state index contributed by atoms with van der Waals surface area (Å²) < 4.78 is 35.5. The molecule has 2 aromatic heterocycles. The van der Waals surface area contributed by atoms with Gasteiger partial charge in [-0.25, -0.2) is 23.1 Å². The zero-order chi connectivity index (χ0) is 21.4. The Bertz CT molecular complexity index is 1350. The highest BCUT2D eigenvalue weighted by molar-refractivity contribution is 7.89. The molecule has 0 fully saturated rings. The number of nitrogen functional groups attached to an aromatic ring is 1. The van der Waals surface area contributed by atoms with E-state index in [1.54, 1.807) is 30.3 Å². The number of imidazole rings is 1. The molecular weight excluding hydrogens is 414 g/mol. The smallest absolute Gasteiger partial charge is 0.240 e. The van der Waals surface area contributed by atoms with Gasteiger partial charge in [0.15, 0.2) is 5.82 Å². The highest BCUT2D eigenvalue weighted by Crippen LogP contribution is 2.34. The molecule has 0 unspecified atom stereocenters. The van der Waals surface area contributed by atoms with Gasteiger partial charge in [-0.1, -0.05) is 36.4 Å². The largest absolute Gasteiger partial charge is 0.382 e. The molecule has 0 saturated heterocycles. The van der Waals surface area contributed by atoms with Crippen LogP contribution in [0.2, 0.25) is 0 Å². The number of nitrogens with two attached hydrogens (primary N) is 1. The van der Waals surface area contributed by atoms with Crippen LogP contribution >= 0.6 is 0 Å². The lowest BCUT2D eigenvalue weighted by atomic mass is 10.1. The molecule has 8 nitrogen and oxygen atoms in total. The fourth-order valence-electron chi connectivity index (χ4n) is 4.16. The minimum absolute atomic E-state index is 0.0418. The van der Waals surface area contributed by atoms with Crippen LogP contribution in [0.3, 0.4) is 0 Å². The van der Waals surface area contributed by atoms with Gasteiger partial charge in [0.25, 0.3) is 0 Å². The van der Waals surface area contributed by atoms with Crippen LogP contribution < -0.4 is 10.5 Å². The summed E-state index contributed by atoms with van der Waals surface area (Å²) in [7, 11) is -3.51. The van der Waals surface area contributed by atoms with E-state index < -0.39 is 10.0 Å². The molecule has 160 valence electrons. The molecule has 3 heterocycles. The Labute approximate surface area is 180 Å². The highest BCUT2D eigenvalue weighted by Gasteiger charge is 2.26. The number of hydrogen-bond acceptors (Lipinski definition) is 6. The van der Waals surface area contributed by atoms with Gasteiger partial charge in [-0.3, -0.25) is 0 Å². The third kappa shape index (κ3) is 3.65. The maximum Gasteiger partial charge on any atom is 0.240 e. The van der Waals surface area contributed by atoms with Gasteiger partial charge in [-0.05, 0) is 31.0 Å². The van der Waals surface area contributed by atoms with Crippen molar-refractivity contribution in [1.29, 1.82) is 0 Å². The van der Waals surface area contributed by atoms with Crippen LogP contribution in [-0.4, -0.2) is 36.1 Å². The highest BCUT2D eigenvalue weighted by atomic mass is 32.2. The molecule has 0 amide bonds. The minimum atomic E-state index is -3.51. The summed E-state index contributed by atoms with van der Waals surface area (Å²) in [6, 6.07) is 16.3. The summed E-state index contributed by atoms with van der Waals surface area (Å²) in [5.74, 6) is 1.23. The number of anilines is 1. The average molecular weight is 438 g/mol. The van der Waals surface area contributed by atoms with Crippen LogP contribution in [0.5, 0.6) is 0 Å². The summed E-state index contributed by atoms with van der Waals surface area (Å²) in [5, 5.41) is 1.00. The Kier molecular flexibility index (Phi) is 5.09. The maximum atomic E-state index is 12.4. The van der Waals surface area contributed by atoms with Gasteiger partial charge in [-0.15, -0.1) is 0 Å². The number of nitrogens with one attached hydrogen (secondary N) is 1. The lowest BCUT2D eigenvalue weighted by Crippen LogP contribution is -2.27. The molecule has 2 aromatic carbocycles. The molecule has 5 rings (SSSR count). The monoisotopic (exact) mass is 437 g/mol. The number of rotatable bonds is 6. The first-order valence-electron chi connectivity index (χ1n) is 10.2. The van der Waals surface area contributed by atoms with Crippen molar-refractivity contribution in [3.8, 4) is 0 Å². The van der Waals surface area contributed by atoms with Crippen molar-refractivity contribution in [1.82, 2.24) is 19.3 Å². The van der Waals surface area contributed by atoms with Crippen molar-refractivity contribution in [3.05, 3.63) is 60.4 Å². The molecule has 1 aliphatic heterocycles. The molecule has 0 radical (unpaired) electrons. The molecule has 1 aliphatic rings. The fourth-order valence-corrected chi connectivity index (χ4v) is 5.26. The number of nitrogens with zero attached hydrogens (tertiary/aromatic N) is 3. The molecule has 3 N–H and O–H groups in total. The van der Waals surface area contributed by atoms with Crippen LogP contribution in [0.4, 0.5) is 5.82 Å². The van der Waals surface area contributed by atoms with Gasteiger partial charge in [-0.2, -0.15) is 0 Å². The van der Waals surface area contributed by atoms with E-state index in [-0.39, 0.29) is 10.9 Å². The summed E-state index contributed by atoms with van der Waals surface area (Å²) in [5.41, 5.74) is 8.69. The van der Waals surface area contributed by atoms with Crippen molar-refractivity contribution in [2.75, 3.05) is 18.9 Å². The molecule has 0 aliphatic carbocycles. The predicted octanol–water partition coefficient (Wildman–Crippen LogP) is 3.00. The van der Waals surface area contributed by atoms with Crippen molar-refractivity contribution in [2.45, 2.75) is 30.4 Å². The van der Waals surface area contributed by atoms with Gasteiger partial charge < -0.3 is 15.0 Å². The topological polar surface area (TPSA) is 112 Å². The Hall–Kier alpha value is -3.01. The molecular formula is C22H23N5O3S.